The lowest BCUT2D eigenvalue weighted by Crippen LogP contribution is -2.22. The van der Waals surface area contributed by atoms with Gasteiger partial charge in [-0.3, -0.25) is 4.79 Å². The van der Waals surface area contributed by atoms with Gasteiger partial charge < -0.3 is 0 Å². The fourth-order valence-corrected chi connectivity index (χ4v) is 2.80. The highest BCUT2D eigenvalue weighted by Crippen LogP contribution is 2.27. The van der Waals surface area contributed by atoms with Crippen LogP contribution in [0.2, 0.25) is 0 Å². The molecule has 0 saturated carbocycles. The predicted octanol–water partition coefficient (Wildman–Crippen LogP) is 3.46. The van der Waals surface area contributed by atoms with Crippen LogP contribution in [0.1, 0.15) is 31.7 Å². The Labute approximate surface area is 107 Å². The summed E-state index contributed by atoms with van der Waals surface area (Å²) in [5.41, 5.74) is 1.90. The smallest absolute Gasteiger partial charge is 0.192 e. The number of unbranched alkanes of at least 4 members (excludes halogenated alkanes) is 1. The van der Waals surface area contributed by atoms with Crippen LogP contribution in [-0.2, 0) is 11.2 Å². The lowest BCUT2D eigenvalue weighted by Gasteiger charge is -2.05. The van der Waals surface area contributed by atoms with Crippen molar-refractivity contribution in [1.29, 1.82) is 0 Å². The van der Waals surface area contributed by atoms with E-state index in [1.54, 1.807) is 0 Å². The van der Waals surface area contributed by atoms with Gasteiger partial charge in [-0.05, 0) is 23.9 Å². The summed E-state index contributed by atoms with van der Waals surface area (Å²) in [6, 6.07) is 10.1. The Morgan fingerprint density at radius 3 is 2.76 bits per heavy atom. The maximum Gasteiger partial charge on any atom is 0.192 e. The summed E-state index contributed by atoms with van der Waals surface area (Å²) in [5, 5.41) is 0.0775. The first kappa shape index (κ1) is 12.4. The second-order valence-corrected chi connectivity index (χ2v) is 5.26. The Morgan fingerprint density at radius 2 is 2.06 bits per heavy atom. The lowest BCUT2D eigenvalue weighted by atomic mass is 10.0. The van der Waals surface area contributed by atoms with E-state index in [0.29, 0.717) is 6.42 Å². The molecule has 0 fully saturated rings. The topological polar surface area (TPSA) is 29.4 Å². The molecule has 17 heavy (non-hydrogen) atoms. The lowest BCUT2D eigenvalue weighted by molar-refractivity contribution is -0.112. The molecule has 1 aliphatic rings. The fourth-order valence-electron chi connectivity index (χ4n) is 1.89. The van der Waals surface area contributed by atoms with E-state index >= 15 is 0 Å². The van der Waals surface area contributed by atoms with Gasteiger partial charge in [-0.25, -0.2) is 4.40 Å². The van der Waals surface area contributed by atoms with Crippen molar-refractivity contribution in [2.75, 3.05) is 0 Å². The van der Waals surface area contributed by atoms with Crippen LogP contribution in [0, 0.1) is 0 Å². The molecule has 1 aliphatic heterocycles. The van der Waals surface area contributed by atoms with Crippen molar-refractivity contribution < 1.29 is 4.79 Å². The zero-order valence-corrected chi connectivity index (χ0v) is 10.9. The van der Waals surface area contributed by atoms with E-state index in [-0.39, 0.29) is 11.0 Å². The minimum Gasteiger partial charge on any atom is -0.291 e. The van der Waals surface area contributed by atoms with Crippen LogP contribution in [0.25, 0.3) is 0 Å². The van der Waals surface area contributed by atoms with Crippen molar-refractivity contribution in [3.05, 3.63) is 35.9 Å². The molecule has 0 radical (unpaired) electrons. The Bertz CT molecular complexity index is 413. The van der Waals surface area contributed by atoms with E-state index in [4.69, 9.17) is 0 Å². The quantitative estimate of drug-likeness (QED) is 0.746. The van der Waals surface area contributed by atoms with Crippen LogP contribution >= 0.6 is 11.9 Å². The number of Topliss-reactive ketones (excluding diaryl/α,β-unsaturated/α-hetero) is 1. The van der Waals surface area contributed by atoms with Crippen LogP contribution in [0.5, 0.6) is 0 Å². The molecular weight excluding hydrogens is 230 g/mol. The average molecular weight is 247 g/mol. The molecule has 1 aromatic rings. The van der Waals surface area contributed by atoms with Gasteiger partial charge >= 0.3 is 0 Å². The van der Waals surface area contributed by atoms with Crippen LogP contribution in [-0.4, -0.2) is 16.7 Å². The van der Waals surface area contributed by atoms with Gasteiger partial charge in [0.1, 0.15) is 0 Å². The van der Waals surface area contributed by atoms with Crippen molar-refractivity contribution >= 4 is 23.4 Å². The molecule has 0 N–H and O–H groups in total. The molecule has 0 bridgehead atoms. The van der Waals surface area contributed by atoms with E-state index in [1.165, 1.54) is 11.9 Å². The third kappa shape index (κ3) is 3.19. The maximum atomic E-state index is 12.1. The average Bonchev–Trinajstić information content (AvgIpc) is 2.70. The number of ketones is 1. The molecule has 2 nitrogen and oxygen atoms in total. The molecule has 0 saturated heterocycles. The maximum absolute atomic E-state index is 12.1. The molecule has 90 valence electrons. The monoisotopic (exact) mass is 247 g/mol. The molecule has 0 spiro atoms. The van der Waals surface area contributed by atoms with Crippen LogP contribution in [0.4, 0.5) is 0 Å². The SMILES string of the molecule is CCCCC1SN=C(Cc2ccccc2)C1=O. The van der Waals surface area contributed by atoms with Crippen molar-refractivity contribution in [1.82, 2.24) is 0 Å². The molecule has 1 heterocycles. The highest BCUT2D eigenvalue weighted by Gasteiger charge is 2.29. The zero-order valence-electron chi connectivity index (χ0n) is 10.1. The molecule has 1 unspecified atom stereocenters. The van der Waals surface area contributed by atoms with Gasteiger partial charge in [-0.15, -0.1) is 0 Å². The Kier molecular flexibility index (Phi) is 4.37. The van der Waals surface area contributed by atoms with Gasteiger partial charge in [-0.1, -0.05) is 50.1 Å². The molecule has 1 aromatic carbocycles. The molecule has 0 amide bonds. The van der Waals surface area contributed by atoms with Gasteiger partial charge in [0.25, 0.3) is 0 Å². The summed E-state index contributed by atoms with van der Waals surface area (Å²) >= 11 is 1.46. The summed E-state index contributed by atoms with van der Waals surface area (Å²) in [6.07, 6.45) is 3.88. The highest BCUT2D eigenvalue weighted by molar-refractivity contribution is 8.00. The first-order valence-corrected chi connectivity index (χ1v) is 6.95. The van der Waals surface area contributed by atoms with Crippen molar-refractivity contribution in [3.8, 4) is 0 Å². The van der Waals surface area contributed by atoms with E-state index in [0.717, 1.165) is 30.5 Å². The fraction of sp³-hybridized carbons (Fsp3) is 0.429. The molecular formula is C14H17NOS. The third-order valence-corrected chi connectivity index (χ3v) is 3.93. The van der Waals surface area contributed by atoms with E-state index in [9.17, 15) is 4.79 Å². The Balaban J connectivity index is 1.94. The summed E-state index contributed by atoms with van der Waals surface area (Å²) in [5.74, 6) is 0.243. The second kappa shape index (κ2) is 6.01. The number of carbonyl (C=O) groups excluding carboxylic acids is 1. The minimum absolute atomic E-state index is 0.0775. The van der Waals surface area contributed by atoms with Gasteiger partial charge in [-0.2, -0.15) is 0 Å². The third-order valence-electron chi connectivity index (χ3n) is 2.90. The summed E-state index contributed by atoms with van der Waals surface area (Å²) in [7, 11) is 0. The van der Waals surface area contributed by atoms with Gasteiger partial charge in [0, 0.05) is 6.42 Å². The number of hydrogen-bond acceptors (Lipinski definition) is 3. The minimum atomic E-state index is 0.0775. The van der Waals surface area contributed by atoms with Crippen molar-refractivity contribution in [3.63, 3.8) is 0 Å². The first-order valence-electron chi connectivity index (χ1n) is 6.12. The van der Waals surface area contributed by atoms with Gasteiger partial charge in [0.15, 0.2) is 5.78 Å². The summed E-state index contributed by atoms with van der Waals surface area (Å²) in [6.45, 7) is 2.15. The largest absolute Gasteiger partial charge is 0.291 e. The predicted molar refractivity (Wildman–Crippen MR) is 73.5 cm³/mol. The molecule has 0 aromatic heterocycles. The van der Waals surface area contributed by atoms with Crippen molar-refractivity contribution in [2.45, 2.75) is 37.9 Å². The van der Waals surface area contributed by atoms with Crippen LogP contribution < -0.4 is 0 Å². The highest BCUT2D eigenvalue weighted by atomic mass is 32.2. The molecule has 1 atom stereocenters. The van der Waals surface area contributed by atoms with Crippen molar-refractivity contribution in [2.24, 2.45) is 4.40 Å². The molecule has 3 heteroatoms. The molecule has 0 aliphatic carbocycles. The van der Waals surface area contributed by atoms with Crippen LogP contribution in [0.15, 0.2) is 34.7 Å². The van der Waals surface area contributed by atoms with Gasteiger partial charge in [0.2, 0.25) is 0 Å². The normalized spacial score (nSPS) is 19.5. The van der Waals surface area contributed by atoms with E-state index < -0.39 is 0 Å². The summed E-state index contributed by atoms with van der Waals surface area (Å²) < 4.78 is 4.33. The number of nitrogens with zero attached hydrogens (tertiary/aromatic N) is 1. The van der Waals surface area contributed by atoms with E-state index in [1.807, 2.05) is 30.3 Å². The van der Waals surface area contributed by atoms with Gasteiger partial charge in [0.05, 0.1) is 11.0 Å². The number of carbonyl (C=O) groups is 1. The Morgan fingerprint density at radius 1 is 1.29 bits per heavy atom. The summed E-state index contributed by atoms with van der Waals surface area (Å²) in [4.78, 5) is 12.1. The first-order chi connectivity index (χ1) is 8.31. The van der Waals surface area contributed by atoms with E-state index in [2.05, 4.69) is 11.3 Å². The zero-order chi connectivity index (χ0) is 12.1. The second-order valence-electron chi connectivity index (χ2n) is 4.30. The molecule has 2 rings (SSSR count). The Hall–Kier alpha value is -1.09. The number of hydrogen-bond donors (Lipinski definition) is 0. The van der Waals surface area contributed by atoms with Crippen LogP contribution in [0.3, 0.4) is 0 Å². The number of benzene rings is 1. The standard InChI is InChI=1S/C14H17NOS/c1-2-3-9-13-14(16)12(15-17-13)10-11-7-5-4-6-8-11/h4-8,13H,2-3,9-10H2,1H3. The number of rotatable bonds is 5.